The number of aromatic nitrogens is 4. The highest BCUT2D eigenvalue weighted by molar-refractivity contribution is 7.18. The Morgan fingerprint density at radius 2 is 2.39 bits per heavy atom. The van der Waals surface area contributed by atoms with Crippen LogP contribution in [-0.2, 0) is 11.3 Å². The molecule has 4 rings (SSSR count). The first-order valence-corrected chi connectivity index (χ1v) is 11.0. The molecule has 4 heterocycles. The van der Waals surface area contributed by atoms with E-state index in [-0.39, 0.29) is 6.61 Å². The number of piperidine rings is 1. The van der Waals surface area contributed by atoms with Crippen LogP contribution in [-0.4, -0.2) is 46.0 Å². The number of aromatic amines is 1. The fourth-order valence-corrected chi connectivity index (χ4v) is 4.55. The van der Waals surface area contributed by atoms with E-state index < -0.39 is 6.09 Å². The van der Waals surface area contributed by atoms with Gasteiger partial charge in [0, 0.05) is 30.4 Å². The van der Waals surface area contributed by atoms with E-state index in [1.807, 2.05) is 24.4 Å². The van der Waals surface area contributed by atoms with Gasteiger partial charge in [-0.15, -0.1) is 17.3 Å². The number of alkyl carbamates (subject to hydrolysis) is 1. The van der Waals surface area contributed by atoms with Crippen LogP contribution in [0.4, 0.5) is 4.79 Å². The van der Waals surface area contributed by atoms with E-state index >= 15 is 0 Å². The van der Waals surface area contributed by atoms with Crippen molar-refractivity contribution in [3.8, 4) is 33.0 Å². The quantitative estimate of drug-likeness (QED) is 0.512. The van der Waals surface area contributed by atoms with Crippen molar-refractivity contribution in [3.05, 3.63) is 42.0 Å². The molecule has 160 valence electrons. The second-order valence-electron chi connectivity index (χ2n) is 7.15. The lowest BCUT2D eigenvalue weighted by Gasteiger charge is -2.21. The Hall–Kier alpha value is -3.22. The van der Waals surface area contributed by atoms with Gasteiger partial charge in [-0.25, -0.2) is 9.78 Å². The van der Waals surface area contributed by atoms with Crippen LogP contribution in [0.1, 0.15) is 37.1 Å². The number of carbonyl (C=O) groups excluding carboxylic acids is 1. The first-order chi connectivity index (χ1) is 15.2. The third-order valence-corrected chi connectivity index (χ3v) is 6.13. The average molecular weight is 437 g/mol. The monoisotopic (exact) mass is 436 g/mol. The van der Waals surface area contributed by atoms with Crippen molar-refractivity contribution in [2.75, 3.05) is 19.7 Å². The summed E-state index contributed by atoms with van der Waals surface area (Å²) in [6.45, 7) is 4.02. The van der Waals surface area contributed by atoms with E-state index in [9.17, 15) is 4.79 Å². The molecule has 0 aromatic carbocycles. The minimum absolute atomic E-state index is 0.0767. The Labute approximate surface area is 184 Å². The topological polar surface area (TPSA) is 105 Å². The molecule has 0 spiro atoms. The maximum atomic E-state index is 11.7. The van der Waals surface area contributed by atoms with E-state index in [1.165, 1.54) is 0 Å². The second-order valence-corrected chi connectivity index (χ2v) is 8.15. The van der Waals surface area contributed by atoms with Gasteiger partial charge in [0.05, 0.1) is 22.8 Å². The molecule has 1 unspecified atom stereocenters. The fraction of sp³-hybridized carbons (Fsp3) is 0.364. The molecule has 3 N–H and O–H groups in total. The molecule has 1 aliphatic heterocycles. The molecule has 0 aliphatic carbocycles. The molecule has 9 heteroatoms. The van der Waals surface area contributed by atoms with Crippen LogP contribution in [0.3, 0.4) is 0 Å². The van der Waals surface area contributed by atoms with E-state index in [0.29, 0.717) is 12.5 Å². The molecule has 0 bridgehead atoms. The normalized spacial score (nSPS) is 15.7. The fourth-order valence-electron chi connectivity index (χ4n) is 3.45. The van der Waals surface area contributed by atoms with Crippen molar-refractivity contribution in [2.24, 2.45) is 0 Å². The minimum Gasteiger partial charge on any atom is -0.436 e. The van der Waals surface area contributed by atoms with Crippen molar-refractivity contribution < 1.29 is 9.53 Å². The van der Waals surface area contributed by atoms with Gasteiger partial charge in [-0.1, -0.05) is 5.92 Å². The van der Waals surface area contributed by atoms with Crippen molar-refractivity contribution in [1.82, 2.24) is 30.8 Å². The number of thiazole rings is 1. The minimum atomic E-state index is -0.510. The van der Waals surface area contributed by atoms with Gasteiger partial charge in [0.15, 0.2) is 6.61 Å². The van der Waals surface area contributed by atoms with Crippen molar-refractivity contribution in [2.45, 2.75) is 32.2 Å². The molecule has 0 radical (unpaired) electrons. The van der Waals surface area contributed by atoms with Crippen LogP contribution in [0.15, 0.2) is 30.6 Å². The summed E-state index contributed by atoms with van der Waals surface area (Å²) in [5, 5.41) is 14.6. The first-order valence-electron chi connectivity index (χ1n) is 10.2. The smallest absolute Gasteiger partial charge is 0.408 e. The zero-order valence-corrected chi connectivity index (χ0v) is 18.1. The molecular formula is C22H24N6O2S. The Balaban J connectivity index is 1.54. The summed E-state index contributed by atoms with van der Waals surface area (Å²) < 4.78 is 4.97. The SMILES string of the molecule is CC#CCOC(=O)NCc1cc(-c2sc(-c3cccnc3)nc2C2CCCNC2)n[nH]1. The average Bonchev–Trinajstić information content (AvgIpc) is 3.46. The van der Waals surface area contributed by atoms with E-state index in [1.54, 1.807) is 24.5 Å². The van der Waals surface area contributed by atoms with Gasteiger partial charge in [0.25, 0.3) is 0 Å². The summed E-state index contributed by atoms with van der Waals surface area (Å²) in [6, 6.07) is 5.89. The van der Waals surface area contributed by atoms with E-state index in [4.69, 9.17) is 9.72 Å². The van der Waals surface area contributed by atoms with Crippen LogP contribution in [0.5, 0.6) is 0 Å². The zero-order valence-electron chi connectivity index (χ0n) is 17.3. The van der Waals surface area contributed by atoms with Crippen molar-refractivity contribution in [3.63, 3.8) is 0 Å². The Kier molecular flexibility index (Phi) is 6.92. The molecule has 1 aliphatic rings. The molecular weight excluding hydrogens is 412 g/mol. The largest absolute Gasteiger partial charge is 0.436 e. The number of carbonyl (C=O) groups is 1. The third kappa shape index (κ3) is 5.29. The lowest BCUT2D eigenvalue weighted by Crippen LogP contribution is -2.28. The highest BCUT2D eigenvalue weighted by Gasteiger charge is 2.25. The van der Waals surface area contributed by atoms with Gasteiger partial charge in [0.1, 0.15) is 10.7 Å². The van der Waals surface area contributed by atoms with Crippen LogP contribution in [0.25, 0.3) is 21.1 Å². The van der Waals surface area contributed by atoms with Crippen LogP contribution < -0.4 is 10.6 Å². The summed E-state index contributed by atoms with van der Waals surface area (Å²) in [6.07, 6.45) is 5.31. The third-order valence-electron chi connectivity index (χ3n) is 4.98. The van der Waals surface area contributed by atoms with E-state index in [0.717, 1.165) is 58.5 Å². The van der Waals surface area contributed by atoms with Crippen LogP contribution in [0, 0.1) is 11.8 Å². The number of pyridine rings is 1. The molecule has 1 amide bonds. The van der Waals surface area contributed by atoms with Gasteiger partial charge in [-0.2, -0.15) is 5.10 Å². The number of ether oxygens (including phenoxy) is 1. The molecule has 31 heavy (non-hydrogen) atoms. The molecule has 3 aromatic heterocycles. The summed E-state index contributed by atoms with van der Waals surface area (Å²) in [4.78, 5) is 22.0. The highest BCUT2D eigenvalue weighted by Crippen LogP contribution is 2.39. The Morgan fingerprint density at radius 1 is 1.45 bits per heavy atom. The number of rotatable bonds is 6. The van der Waals surface area contributed by atoms with Crippen molar-refractivity contribution >= 4 is 17.4 Å². The van der Waals surface area contributed by atoms with Crippen LogP contribution in [0.2, 0.25) is 0 Å². The molecule has 8 nitrogen and oxygen atoms in total. The van der Waals surface area contributed by atoms with Gasteiger partial charge >= 0.3 is 6.09 Å². The Morgan fingerprint density at radius 3 is 3.16 bits per heavy atom. The molecule has 1 atom stereocenters. The first kappa shape index (κ1) is 21.0. The number of amides is 1. The summed E-state index contributed by atoms with van der Waals surface area (Å²) in [5.74, 6) is 5.71. The number of hydrogen-bond acceptors (Lipinski definition) is 7. The maximum absolute atomic E-state index is 11.7. The lowest BCUT2D eigenvalue weighted by atomic mass is 9.95. The summed E-state index contributed by atoms with van der Waals surface area (Å²) >= 11 is 1.62. The van der Waals surface area contributed by atoms with Gasteiger partial charge in [0.2, 0.25) is 0 Å². The summed E-state index contributed by atoms with van der Waals surface area (Å²) in [7, 11) is 0. The predicted molar refractivity (Wildman–Crippen MR) is 119 cm³/mol. The predicted octanol–water partition coefficient (Wildman–Crippen LogP) is 3.31. The second kappa shape index (κ2) is 10.2. The molecule has 3 aromatic rings. The van der Waals surface area contributed by atoms with Crippen molar-refractivity contribution in [1.29, 1.82) is 0 Å². The van der Waals surface area contributed by atoms with E-state index in [2.05, 4.69) is 37.7 Å². The van der Waals surface area contributed by atoms with Gasteiger partial charge in [-0.05, 0) is 44.5 Å². The Bertz CT molecular complexity index is 1080. The maximum Gasteiger partial charge on any atom is 0.408 e. The van der Waals surface area contributed by atoms with Gasteiger partial charge in [-0.3, -0.25) is 10.1 Å². The molecule has 1 fully saturated rings. The van der Waals surface area contributed by atoms with Gasteiger partial charge < -0.3 is 15.4 Å². The number of H-pyrrole nitrogens is 1. The number of nitrogens with zero attached hydrogens (tertiary/aromatic N) is 3. The molecule has 1 saturated heterocycles. The highest BCUT2D eigenvalue weighted by atomic mass is 32.1. The zero-order chi connectivity index (χ0) is 21.5. The standard InChI is InChI=1S/C22H24N6O2S/c1-2-3-10-30-22(29)25-14-17-11-18(28-27-17)20-19(15-6-4-8-23-12-15)26-21(31-20)16-7-5-9-24-13-16/h5,7,9,11,13,15,23H,4,6,8,10,12,14H2,1H3,(H,25,29)(H,27,28). The summed E-state index contributed by atoms with van der Waals surface area (Å²) in [5.41, 5.74) is 3.69. The number of nitrogens with one attached hydrogen (secondary N) is 3. The number of hydrogen-bond donors (Lipinski definition) is 3. The van der Waals surface area contributed by atoms with Crippen LogP contribution >= 0.6 is 11.3 Å². The lowest BCUT2D eigenvalue weighted by molar-refractivity contribution is 0.159. The molecule has 0 saturated carbocycles.